The standard InChI is InChI=1S/C17H34N4OS.HI/c1-3-18-16(19-10-13-21-11-6-5-7-12-21)20-14-17(22)9-8-15(17)23-4-2;/h15,22H,3-14H2,1-2H3,(H2,18,19,20);1H. The Hall–Kier alpha value is 0.270. The zero-order valence-corrected chi connectivity index (χ0v) is 18.4. The van der Waals surface area contributed by atoms with Gasteiger partial charge in [0.25, 0.3) is 0 Å². The molecule has 2 unspecified atom stereocenters. The summed E-state index contributed by atoms with van der Waals surface area (Å²) in [5, 5.41) is 17.7. The number of hydrogen-bond donors (Lipinski definition) is 3. The average molecular weight is 470 g/mol. The quantitative estimate of drug-likeness (QED) is 0.289. The molecule has 24 heavy (non-hydrogen) atoms. The number of hydrogen-bond acceptors (Lipinski definition) is 4. The molecule has 2 rings (SSSR count). The summed E-state index contributed by atoms with van der Waals surface area (Å²) < 4.78 is 0. The van der Waals surface area contributed by atoms with Crippen molar-refractivity contribution in [1.82, 2.24) is 15.5 Å². The molecule has 2 aliphatic rings. The second-order valence-corrected chi connectivity index (χ2v) is 8.09. The molecule has 7 heteroatoms. The van der Waals surface area contributed by atoms with Crippen LogP contribution < -0.4 is 10.6 Å². The number of guanidine groups is 1. The van der Waals surface area contributed by atoms with E-state index in [-0.39, 0.29) is 24.0 Å². The van der Waals surface area contributed by atoms with Gasteiger partial charge >= 0.3 is 0 Å². The van der Waals surface area contributed by atoms with Crippen LogP contribution in [-0.4, -0.2) is 71.8 Å². The van der Waals surface area contributed by atoms with Gasteiger partial charge in [0.2, 0.25) is 0 Å². The van der Waals surface area contributed by atoms with Gasteiger partial charge in [0.15, 0.2) is 5.96 Å². The number of piperidine rings is 1. The Balaban J connectivity index is 0.00000288. The van der Waals surface area contributed by atoms with E-state index < -0.39 is 5.60 Å². The SMILES string of the molecule is CCNC(=NCC1(O)CCC1SCC)NCCN1CCCCC1.I. The first kappa shape index (κ1) is 22.3. The molecule has 5 nitrogen and oxygen atoms in total. The van der Waals surface area contributed by atoms with Crippen molar-refractivity contribution < 1.29 is 5.11 Å². The van der Waals surface area contributed by atoms with Crippen LogP contribution in [0.2, 0.25) is 0 Å². The highest BCUT2D eigenvalue weighted by atomic mass is 127. The van der Waals surface area contributed by atoms with Crippen LogP contribution in [0, 0.1) is 0 Å². The Morgan fingerprint density at radius 3 is 2.58 bits per heavy atom. The molecule has 1 aliphatic heterocycles. The van der Waals surface area contributed by atoms with Crippen molar-refractivity contribution in [3.05, 3.63) is 0 Å². The van der Waals surface area contributed by atoms with Gasteiger partial charge in [-0.15, -0.1) is 24.0 Å². The predicted octanol–water partition coefficient (Wildman–Crippen LogP) is 2.29. The summed E-state index contributed by atoms with van der Waals surface area (Å²) in [5.41, 5.74) is -0.601. The second kappa shape index (κ2) is 11.8. The molecule has 1 saturated carbocycles. The van der Waals surface area contributed by atoms with Crippen LogP contribution in [0.1, 0.15) is 46.0 Å². The van der Waals surface area contributed by atoms with Gasteiger partial charge in [-0.3, -0.25) is 4.99 Å². The molecule has 0 aromatic carbocycles. The highest BCUT2D eigenvalue weighted by Gasteiger charge is 2.45. The van der Waals surface area contributed by atoms with Gasteiger partial charge in [-0.1, -0.05) is 13.3 Å². The van der Waals surface area contributed by atoms with Crippen molar-refractivity contribution in [3.63, 3.8) is 0 Å². The molecule has 142 valence electrons. The molecule has 2 fully saturated rings. The molecule has 1 saturated heterocycles. The molecular weight excluding hydrogens is 435 g/mol. The molecule has 0 radical (unpaired) electrons. The lowest BCUT2D eigenvalue weighted by Crippen LogP contribution is -2.53. The first-order valence-corrected chi connectivity index (χ1v) is 10.3. The third kappa shape index (κ3) is 6.88. The van der Waals surface area contributed by atoms with Crippen LogP contribution in [0.25, 0.3) is 0 Å². The summed E-state index contributed by atoms with van der Waals surface area (Å²) in [6.45, 7) is 10.0. The second-order valence-electron chi connectivity index (χ2n) is 6.61. The zero-order valence-electron chi connectivity index (χ0n) is 15.2. The average Bonchev–Trinajstić information content (AvgIpc) is 2.57. The van der Waals surface area contributed by atoms with E-state index in [1.54, 1.807) is 0 Å². The lowest BCUT2D eigenvalue weighted by atomic mass is 9.79. The number of rotatable bonds is 8. The minimum Gasteiger partial charge on any atom is -0.387 e. The Labute approximate surface area is 168 Å². The Morgan fingerprint density at radius 2 is 2.00 bits per heavy atom. The Morgan fingerprint density at radius 1 is 1.25 bits per heavy atom. The molecule has 0 amide bonds. The van der Waals surface area contributed by atoms with E-state index in [9.17, 15) is 5.11 Å². The molecule has 0 aromatic heterocycles. The summed E-state index contributed by atoms with van der Waals surface area (Å²) in [7, 11) is 0. The summed E-state index contributed by atoms with van der Waals surface area (Å²) in [6.07, 6.45) is 6.03. The molecule has 1 aliphatic carbocycles. The number of halogens is 1. The predicted molar refractivity (Wildman–Crippen MR) is 116 cm³/mol. The third-order valence-electron chi connectivity index (χ3n) is 4.83. The topological polar surface area (TPSA) is 59.9 Å². The lowest BCUT2D eigenvalue weighted by molar-refractivity contribution is -0.0154. The molecule has 3 N–H and O–H groups in total. The van der Waals surface area contributed by atoms with Crippen LogP contribution in [0.4, 0.5) is 0 Å². The van der Waals surface area contributed by atoms with Crippen LogP contribution >= 0.6 is 35.7 Å². The molecule has 0 spiro atoms. The normalized spacial score (nSPS) is 28.0. The summed E-state index contributed by atoms with van der Waals surface area (Å²) >= 11 is 1.86. The molecule has 0 aromatic rings. The highest BCUT2D eigenvalue weighted by Crippen LogP contribution is 2.41. The minimum atomic E-state index is -0.601. The number of aliphatic imine (C=N–C) groups is 1. The van der Waals surface area contributed by atoms with Gasteiger partial charge in [-0.2, -0.15) is 11.8 Å². The molecular formula is C17H35IN4OS. The number of nitrogens with zero attached hydrogens (tertiary/aromatic N) is 2. The monoisotopic (exact) mass is 470 g/mol. The maximum Gasteiger partial charge on any atom is 0.191 e. The number of nitrogens with one attached hydrogen (secondary N) is 2. The smallest absolute Gasteiger partial charge is 0.191 e. The van der Waals surface area contributed by atoms with E-state index in [0.717, 1.165) is 44.2 Å². The molecule has 1 heterocycles. The van der Waals surface area contributed by atoms with Gasteiger partial charge in [0.05, 0.1) is 12.1 Å². The van der Waals surface area contributed by atoms with Crippen molar-refractivity contribution >= 4 is 41.7 Å². The highest BCUT2D eigenvalue weighted by molar-refractivity contribution is 14.0. The fourth-order valence-electron chi connectivity index (χ4n) is 3.29. The Kier molecular flexibility index (Phi) is 11.0. The van der Waals surface area contributed by atoms with Crippen LogP contribution in [0.5, 0.6) is 0 Å². The van der Waals surface area contributed by atoms with E-state index in [1.807, 2.05) is 11.8 Å². The summed E-state index contributed by atoms with van der Waals surface area (Å²) in [6, 6.07) is 0. The van der Waals surface area contributed by atoms with Crippen LogP contribution in [0.15, 0.2) is 4.99 Å². The largest absolute Gasteiger partial charge is 0.387 e. The maximum absolute atomic E-state index is 10.7. The number of likely N-dealkylation sites (tertiary alicyclic amines) is 1. The van der Waals surface area contributed by atoms with Crippen molar-refractivity contribution in [1.29, 1.82) is 0 Å². The van der Waals surface area contributed by atoms with Crippen molar-refractivity contribution in [3.8, 4) is 0 Å². The first-order chi connectivity index (χ1) is 11.2. The van der Waals surface area contributed by atoms with E-state index in [4.69, 9.17) is 0 Å². The minimum absolute atomic E-state index is 0. The van der Waals surface area contributed by atoms with Crippen LogP contribution in [0.3, 0.4) is 0 Å². The third-order valence-corrected chi connectivity index (χ3v) is 6.24. The van der Waals surface area contributed by atoms with E-state index >= 15 is 0 Å². The number of aliphatic hydroxyl groups is 1. The summed E-state index contributed by atoms with van der Waals surface area (Å²) in [4.78, 5) is 7.16. The molecule has 2 atom stereocenters. The van der Waals surface area contributed by atoms with Crippen molar-refractivity contribution in [2.24, 2.45) is 4.99 Å². The van der Waals surface area contributed by atoms with Gasteiger partial charge in [0, 0.05) is 24.9 Å². The van der Waals surface area contributed by atoms with E-state index in [0.29, 0.717) is 11.8 Å². The van der Waals surface area contributed by atoms with Gasteiger partial charge in [-0.05, 0) is 51.4 Å². The fourth-order valence-corrected chi connectivity index (χ4v) is 4.48. The number of thioether (sulfide) groups is 1. The van der Waals surface area contributed by atoms with Crippen molar-refractivity contribution in [2.45, 2.75) is 56.8 Å². The van der Waals surface area contributed by atoms with Gasteiger partial charge in [-0.25, -0.2) is 0 Å². The van der Waals surface area contributed by atoms with Gasteiger partial charge in [0.1, 0.15) is 0 Å². The first-order valence-electron chi connectivity index (χ1n) is 9.26. The zero-order chi connectivity index (χ0) is 16.5. The Bertz CT molecular complexity index is 380. The van der Waals surface area contributed by atoms with Crippen molar-refractivity contribution in [2.75, 3.05) is 45.0 Å². The lowest BCUT2D eigenvalue weighted by Gasteiger charge is -2.44. The maximum atomic E-state index is 10.7. The summed E-state index contributed by atoms with van der Waals surface area (Å²) in [5.74, 6) is 1.90. The van der Waals surface area contributed by atoms with Crippen LogP contribution in [-0.2, 0) is 0 Å². The van der Waals surface area contributed by atoms with E-state index in [1.165, 1.54) is 32.4 Å². The molecule has 0 bridgehead atoms. The van der Waals surface area contributed by atoms with E-state index in [2.05, 4.69) is 34.4 Å². The fraction of sp³-hybridized carbons (Fsp3) is 0.941. The van der Waals surface area contributed by atoms with Gasteiger partial charge < -0.3 is 20.6 Å².